The summed E-state index contributed by atoms with van der Waals surface area (Å²) in [5.74, 6) is -0.736. The highest BCUT2D eigenvalue weighted by Gasteiger charge is 2.26. The molecule has 2 aromatic rings. The Balaban J connectivity index is 1.64. The molecule has 0 aromatic heterocycles. The molecule has 1 saturated heterocycles. The Kier molecular flexibility index (Phi) is 6.94. The molecule has 3 rings (SSSR count). The van der Waals surface area contributed by atoms with Crippen LogP contribution in [0, 0.1) is 5.92 Å². The second-order valence-electron chi connectivity index (χ2n) is 6.84. The Labute approximate surface area is 174 Å². The van der Waals surface area contributed by atoms with E-state index in [2.05, 4.69) is 10.2 Å². The molecule has 1 N–H and O–H groups in total. The van der Waals surface area contributed by atoms with Crippen LogP contribution in [0.1, 0.15) is 28.8 Å². The van der Waals surface area contributed by atoms with Gasteiger partial charge >= 0.3 is 5.97 Å². The summed E-state index contributed by atoms with van der Waals surface area (Å²) in [4.78, 5) is 26.8. The third-order valence-electron chi connectivity index (χ3n) is 4.87. The fraction of sp³-hybridized carbons (Fsp3) is 0.333. The van der Waals surface area contributed by atoms with Gasteiger partial charge in [0.15, 0.2) is 0 Å². The van der Waals surface area contributed by atoms with Crippen molar-refractivity contribution in [3.63, 3.8) is 0 Å². The summed E-state index contributed by atoms with van der Waals surface area (Å²) in [7, 11) is 1.29. The molecule has 0 spiro atoms. The minimum absolute atomic E-state index is 0.0676. The lowest BCUT2D eigenvalue weighted by Gasteiger charge is -2.32. The van der Waals surface area contributed by atoms with Crippen molar-refractivity contribution in [2.45, 2.75) is 19.4 Å². The molecule has 0 unspecified atom stereocenters. The average Bonchev–Trinajstić information content (AvgIpc) is 2.71. The number of carbonyl (C=O) groups is 2. The lowest BCUT2D eigenvalue weighted by Crippen LogP contribution is -2.40. The molecule has 1 heterocycles. The standard InChI is InChI=1S/C21H22Cl2N2O3/c1-28-21(27)17-11-16(8-9-19(17)23)24-20(26)15-6-4-10-25(13-15)12-14-5-2-3-7-18(14)22/h2-3,5,7-9,11,15H,4,6,10,12-13H2,1H3,(H,24,26)/t15-/m0/s1. The van der Waals surface area contributed by atoms with E-state index in [1.165, 1.54) is 13.2 Å². The summed E-state index contributed by atoms with van der Waals surface area (Å²) < 4.78 is 4.72. The summed E-state index contributed by atoms with van der Waals surface area (Å²) >= 11 is 12.3. The van der Waals surface area contributed by atoms with Gasteiger partial charge in [0.25, 0.3) is 0 Å². The zero-order chi connectivity index (χ0) is 20.1. The molecule has 0 saturated carbocycles. The fourth-order valence-corrected chi connectivity index (χ4v) is 3.78. The van der Waals surface area contributed by atoms with Crippen LogP contribution < -0.4 is 5.32 Å². The number of nitrogens with one attached hydrogen (secondary N) is 1. The minimum Gasteiger partial charge on any atom is -0.465 e. The number of benzene rings is 2. The van der Waals surface area contributed by atoms with Crippen LogP contribution in [0.25, 0.3) is 0 Å². The first-order chi connectivity index (χ1) is 13.5. The van der Waals surface area contributed by atoms with Gasteiger partial charge in [0, 0.05) is 23.8 Å². The van der Waals surface area contributed by atoms with Gasteiger partial charge in [-0.2, -0.15) is 0 Å². The van der Waals surface area contributed by atoms with Gasteiger partial charge in [-0.05, 0) is 49.2 Å². The lowest BCUT2D eigenvalue weighted by atomic mass is 9.96. The number of methoxy groups -OCH3 is 1. The van der Waals surface area contributed by atoms with E-state index in [9.17, 15) is 9.59 Å². The quantitative estimate of drug-likeness (QED) is 0.716. The fourth-order valence-electron chi connectivity index (χ4n) is 3.39. The summed E-state index contributed by atoms with van der Waals surface area (Å²) in [6.45, 7) is 2.31. The third kappa shape index (κ3) is 5.04. The van der Waals surface area contributed by atoms with E-state index in [1.54, 1.807) is 12.1 Å². The number of hydrogen-bond donors (Lipinski definition) is 1. The molecule has 0 radical (unpaired) electrons. The Bertz CT molecular complexity index is 872. The summed E-state index contributed by atoms with van der Waals surface area (Å²) in [6.07, 6.45) is 1.76. The van der Waals surface area contributed by atoms with E-state index in [0.29, 0.717) is 12.2 Å². The molecule has 1 fully saturated rings. The second kappa shape index (κ2) is 9.41. The number of ether oxygens (including phenoxy) is 1. The number of piperidine rings is 1. The van der Waals surface area contributed by atoms with Crippen LogP contribution in [-0.2, 0) is 16.1 Å². The van der Waals surface area contributed by atoms with Gasteiger partial charge in [0.1, 0.15) is 0 Å². The van der Waals surface area contributed by atoms with Crippen LogP contribution >= 0.6 is 23.2 Å². The second-order valence-corrected chi connectivity index (χ2v) is 7.66. The first kappa shape index (κ1) is 20.6. The van der Waals surface area contributed by atoms with Crippen LogP contribution in [0.4, 0.5) is 5.69 Å². The monoisotopic (exact) mass is 420 g/mol. The van der Waals surface area contributed by atoms with Crippen molar-refractivity contribution in [2.75, 3.05) is 25.5 Å². The van der Waals surface area contributed by atoms with Gasteiger partial charge < -0.3 is 10.1 Å². The van der Waals surface area contributed by atoms with E-state index >= 15 is 0 Å². The summed E-state index contributed by atoms with van der Waals surface area (Å²) in [6, 6.07) is 12.6. The molecule has 2 aromatic carbocycles. The van der Waals surface area contributed by atoms with Crippen molar-refractivity contribution < 1.29 is 14.3 Å². The molecule has 1 aliphatic heterocycles. The molecule has 1 atom stereocenters. The predicted octanol–water partition coefficient (Wildman–Crippen LogP) is 4.63. The molecule has 7 heteroatoms. The Hall–Kier alpha value is -2.08. The number of nitrogens with zero attached hydrogens (tertiary/aromatic N) is 1. The van der Waals surface area contributed by atoms with Crippen LogP contribution in [0.3, 0.4) is 0 Å². The molecule has 5 nitrogen and oxygen atoms in total. The number of likely N-dealkylation sites (tertiary alicyclic amines) is 1. The van der Waals surface area contributed by atoms with E-state index in [-0.39, 0.29) is 22.4 Å². The highest BCUT2D eigenvalue weighted by atomic mass is 35.5. The van der Waals surface area contributed by atoms with Crippen LogP contribution in [-0.4, -0.2) is 37.0 Å². The average molecular weight is 421 g/mol. The third-order valence-corrected chi connectivity index (χ3v) is 5.57. The molecule has 0 bridgehead atoms. The number of esters is 1. The summed E-state index contributed by atoms with van der Waals surface area (Å²) in [5.41, 5.74) is 1.81. The minimum atomic E-state index is -0.537. The number of hydrogen-bond acceptors (Lipinski definition) is 4. The van der Waals surface area contributed by atoms with Gasteiger partial charge in [0.05, 0.1) is 23.6 Å². The first-order valence-corrected chi connectivity index (χ1v) is 9.88. The SMILES string of the molecule is COC(=O)c1cc(NC(=O)[C@H]2CCCN(Cc3ccccc3Cl)C2)ccc1Cl. The van der Waals surface area contributed by atoms with Crippen molar-refractivity contribution in [1.82, 2.24) is 4.90 Å². The number of amides is 1. The highest BCUT2D eigenvalue weighted by molar-refractivity contribution is 6.33. The van der Waals surface area contributed by atoms with Crippen LogP contribution in [0.15, 0.2) is 42.5 Å². The van der Waals surface area contributed by atoms with Crippen LogP contribution in [0.5, 0.6) is 0 Å². The number of rotatable bonds is 5. The predicted molar refractivity (Wildman–Crippen MR) is 111 cm³/mol. The number of carbonyl (C=O) groups excluding carboxylic acids is 2. The lowest BCUT2D eigenvalue weighted by molar-refractivity contribution is -0.121. The van der Waals surface area contributed by atoms with Crippen molar-refractivity contribution in [2.24, 2.45) is 5.92 Å². The number of halogens is 2. The van der Waals surface area contributed by atoms with Crippen molar-refractivity contribution >= 4 is 40.8 Å². The Morgan fingerprint density at radius 3 is 2.71 bits per heavy atom. The maximum absolute atomic E-state index is 12.8. The molecule has 1 amide bonds. The zero-order valence-electron chi connectivity index (χ0n) is 15.6. The number of anilines is 1. The molecule has 28 heavy (non-hydrogen) atoms. The van der Waals surface area contributed by atoms with Gasteiger partial charge in [-0.3, -0.25) is 9.69 Å². The van der Waals surface area contributed by atoms with Crippen molar-refractivity contribution in [1.29, 1.82) is 0 Å². The van der Waals surface area contributed by atoms with Gasteiger partial charge in [0.2, 0.25) is 5.91 Å². The van der Waals surface area contributed by atoms with E-state index in [1.807, 2.05) is 24.3 Å². The molecule has 0 aliphatic carbocycles. The maximum Gasteiger partial charge on any atom is 0.339 e. The van der Waals surface area contributed by atoms with Gasteiger partial charge in [-0.25, -0.2) is 4.79 Å². The largest absolute Gasteiger partial charge is 0.465 e. The van der Waals surface area contributed by atoms with Crippen LogP contribution in [0.2, 0.25) is 10.0 Å². The van der Waals surface area contributed by atoms with Gasteiger partial charge in [-0.1, -0.05) is 41.4 Å². The normalized spacial score (nSPS) is 17.2. The molecule has 148 valence electrons. The van der Waals surface area contributed by atoms with E-state index in [4.69, 9.17) is 27.9 Å². The van der Waals surface area contributed by atoms with E-state index < -0.39 is 5.97 Å². The zero-order valence-corrected chi connectivity index (χ0v) is 17.1. The maximum atomic E-state index is 12.8. The highest BCUT2D eigenvalue weighted by Crippen LogP contribution is 2.25. The Morgan fingerprint density at radius 2 is 1.96 bits per heavy atom. The first-order valence-electron chi connectivity index (χ1n) is 9.12. The Morgan fingerprint density at radius 1 is 1.18 bits per heavy atom. The van der Waals surface area contributed by atoms with Crippen molar-refractivity contribution in [3.8, 4) is 0 Å². The molecule has 1 aliphatic rings. The molecular weight excluding hydrogens is 399 g/mol. The summed E-state index contributed by atoms with van der Waals surface area (Å²) in [5, 5.41) is 3.92. The smallest absolute Gasteiger partial charge is 0.339 e. The topological polar surface area (TPSA) is 58.6 Å². The van der Waals surface area contributed by atoms with Crippen molar-refractivity contribution in [3.05, 3.63) is 63.6 Å². The molecular formula is C21H22Cl2N2O3. The van der Waals surface area contributed by atoms with E-state index in [0.717, 1.165) is 36.5 Å². The van der Waals surface area contributed by atoms with Gasteiger partial charge in [-0.15, -0.1) is 0 Å².